The van der Waals surface area contributed by atoms with E-state index in [0.717, 1.165) is 0 Å². The summed E-state index contributed by atoms with van der Waals surface area (Å²) in [5.74, 6) is 0.648. The minimum absolute atomic E-state index is 0.226. The smallest absolute Gasteiger partial charge is 0.335 e. The number of aromatic carboxylic acids is 2. The van der Waals surface area contributed by atoms with Crippen molar-refractivity contribution in [1.29, 1.82) is 0 Å². The first kappa shape index (κ1) is 31.3. The van der Waals surface area contributed by atoms with Crippen LogP contribution < -0.4 is 0 Å². The lowest BCUT2D eigenvalue weighted by Gasteiger charge is -2.39. The molecule has 6 nitrogen and oxygen atoms in total. The highest BCUT2D eigenvalue weighted by molar-refractivity contribution is 5.87. The molecule has 2 rings (SSSR count). The van der Waals surface area contributed by atoms with Crippen LogP contribution >= 0.6 is 0 Å². The van der Waals surface area contributed by atoms with Gasteiger partial charge >= 0.3 is 11.9 Å². The quantitative estimate of drug-likeness (QED) is 0.378. The Bertz CT molecular complexity index is 737. The number of hydrogen-bond acceptors (Lipinski definition) is 4. The van der Waals surface area contributed by atoms with E-state index in [1.165, 1.54) is 0 Å². The molecule has 0 radical (unpaired) electrons. The number of carbonyl (C=O) groups is 2. The summed E-state index contributed by atoms with van der Waals surface area (Å²) in [6.45, 7) is 13.5. The van der Waals surface area contributed by atoms with E-state index in [-0.39, 0.29) is 13.2 Å². The van der Waals surface area contributed by atoms with E-state index in [9.17, 15) is 19.8 Å². The topological polar surface area (TPSA) is 115 Å². The zero-order valence-corrected chi connectivity index (χ0v) is 21.3. The van der Waals surface area contributed by atoms with E-state index in [1.54, 1.807) is 60.7 Å². The van der Waals surface area contributed by atoms with Crippen LogP contribution in [0, 0.1) is 35.5 Å². The van der Waals surface area contributed by atoms with Crippen molar-refractivity contribution in [3.05, 3.63) is 71.8 Å². The third kappa shape index (κ3) is 11.4. The van der Waals surface area contributed by atoms with Crippen molar-refractivity contribution in [3.63, 3.8) is 0 Å². The molecule has 0 aliphatic rings. The highest BCUT2D eigenvalue weighted by Gasteiger charge is 2.34. The summed E-state index contributed by atoms with van der Waals surface area (Å²) in [6, 6.07) is 16.6. The van der Waals surface area contributed by atoms with E-state index in [4.69, 9.17) is 10.2 Å². The van der Waals surface area contributed by atoms with Crippen molar-refractivity contribution in [3.8, 4) is 0 Å². The van der Waals surface area contributed by atoms with Gasteiger partial charge in [-0.2, -0.15) is 0 Å². The van der Waals surface area contributed by atoms with Gasteiger partial charge in [0.05, 0.1) is 11.1 Å². The standard InChI is InChI=1S/C14H30O2.2C7H6O2/c1-9(2)12(7-15)14(11(5)6)13(8-16)10(3)4;2*8-7(9)6-4-2-1-3-5-6/h9-16H,7-8H2,1-6H3;2*1-5H,(H,8,9). The molecule has 6 heteroatoms. The predicted octanol–water partition coefficient (Wildman–Crippen LogP) is 5.56. The minimum atomic E-state index is -0.879. The van der Waals surface area contributed by atoms with Crippen LogP contribution in [-0.4, -0.2) is 45.6 Å². The molecular formula is C28H42O6. The number of carboxylic acids is 2. The van der Waals surface area contributed by atoms with Gasteiger partial charge in [0.1, 0.15) is 0 Å². The van der Waals surface area contributed by atoms with Crippen LogP contribution in [0.3, 0.4) is 0 Å². The Morgan fingerprint density at radius 1 is 0.588 bits per heavy atom. The van der Waals surface area contributed by atoms with Crippen molar-refractivity contribution >= 4 is 11.9 Å². The fraction of sp³-hybridized carbons (Fsp3) is 0.500. The normalized spacial score (nSPS) is 13.3. The second-order valence-corrected chi connectivity index (χ2v) is 9.34. The van der Waals surface area contributed by atoms with E-state index < -0.39 is 11.9 Å². The summed E-state index contributed by atoms with van der Waals surface area (Å²) >= 11 is 0. The lowest BCUT2D eigenvalue weighted by molar-refractivity contribution is 0.0220. The molecule has 0 aliphatic heterocycles. The van der Waals surface area contributed by atoms with Gasteiger partial charge < -0.3 is 20.4 Å². The van der Waals surface area contributed by atoms with Crippen LogP contribution in [0.2, 0.25) is 0 Å². The van der Waals surface area contributed by atoms with Gasteiger partial charge in [-0.1, -0.05) is 77.9 Å². The van der Waals surface area contributed by atoms with Gasteiger partial charge in [-0.15, -0.1) is 0 Å². The van der Waals surface area contributed by atoms with Gasteiger partial charge in [0, 0.05) is 13.2 Å². The molecule has 0 spiro atoms. The molecule has 0 aromatic heterocycles. The Kier molecular flexibility index (Phi) is 15.5. The molecule has 2 aromatic rings. The average Bonchev–Trinajstić information content (AvgIpc) is 2.80. The summed E-state index contributed by atoms with van der Waals surface area (Å²) in [5.41, 5.74) is 0.662. The molecule has 0 bridgehead atoms. The van der Waals surface area contributed by atoms with Crippen LogP contribution in [-0.2, 0) is 0 Å². The highest BCUT2D eigenvalue weighted by atomic mass is 16.4. The zero-order chi connectivity index (χ0) is 26.3. The number of aliphatic hydroxyl groups is 2. The van der Waals surface area contributed by atoms with Gasteiger partial charge in [-0.05, 0) is 59.8 Å². The van der Waals surface area contributed by atoms with Gasteiger partial charge in [-0.25, -0.2) is 9.59 Å². The van der Waals surface area contributed by atoms with Crippen LogP contribution in [0.25, 0.3) is 0 Å². The van der Waals surface area contributed by atoms with Crippen molar-refractivity contribution in [2.24, 2.45) is 35.5 Å². The Labute approximate surface area is 204 Å². The second-order valence-electron chi connectivity index (χ2n) is 9.34. The van der Waals surface area contributed by atoms with Gasteiger partial charge in [-0.3, -0.25) is 0 Å². The van der Waals surface area contributed by atoms with Crippen LogP contribution in [0.5, 0.6) is 0 Å². The SMILES string of the molecule is CC(C)C(CO)C(C(C)C)C(CO)C(C)C.O=C(O)c1ccccc1.O=C(O)c1ccccc1. The Hall–Kier alpha value is -2.70. The van der Waals surface area contributed by atoms with Gasteiger partial charge in [0.15, 0.2) is 0 Å². The number of hydrogen-bond donors (Lipinski definition) is 4. The summed E-state index contributed by atoms with van der Waals surface area (Å²) < 4.78 is 0. The van der Waals surface area contributed by atoms with Crippen molar-refractivity contribution in [2.75, 3.05) is 13.2 Å². The molecule has 190 valence electrons. The van der Waals surface area contributed by atoms with E-state index in [2.05, 4.69) is 41.5 Å². The largest absolute Gasteiger partial charge is 0.478 e. The third-order valence-corrected chi connectivity index (χ3v) is 5.93. The summed E-state index contributed by atoms with van der Waals surface area (Å²) in [6.07, 6.45) is 0. The van der Waals surface area contributed by atoms with Crippen LogP contribution in [0.1, 0.15) is 62.3 Å². The number of carboxylic acid groups (broad SMARTS) is 2. The summed E-state index contributed by atoms with van der Waals surface area (Å²) in [5, 5.41) is 35.9. The molecule has 0 aliphatic carbocycles. The van der Waals surface area contributed by atoms with Gasteiger partial charge in [0.25, 0.3) is 0 Å². The molecule has 0 saturated carbocycles. The van der Waals surface area contributed by atoms with Crippen molar-refractivity contribution < 1.29 is 30.0 Å². The maximum absolute atomic E-state index is 10.2. The van der Waals surface area contributed by atoms with Gasteiger partial charge in [0.2, 0.25) is 0 Å². The molecule has 34 heavy (non-hydrogen) atoms. The summed E-state index contributed by atoms with van der Waals surface area (Å²) in [4.78, 5) is 20.4. The molecular weight excluding hydrogens is 432 g/mol. The fourth-order valence-electron chi connectivity index (χ4n) is 4.02. The Morgan fingerprint density at radius 2 is 0.882 bits per heavy atom. The predicted molar refractivity (Wildman–Crippen MR) is 136 cm³/mol. The number of aliphatic hydroxyl groups excluding tert-OH is 2. The molecule has 2 atom stereocenters. The molecule has 0 heterocycles. The maximum atomic E-state index is 10.2. The fourth-order valence-corrected chi connectivity index (χ4v) is 4.02. The third-order valence-electron chi connectivity index (χ3n) is 5.93. The average molecular weight is 475 g/mol. The Morgan fingerprint density at radius 3 is 1.03 bits per heavy atom. The van der Waals surface area contributed by atoms with Crippen LogP contribution in [0.4, 0.5) is 0 Å². The first-order valence-electron chi connectivity index (χ1n) is 11.8. The monoisotopic (exact) mass is 474 g/mol. The second kappa shape index (κ2) is 16.8. The number of benzene rings is 2. The lowest BCUT2D eigenvalue weighted by Crippen LogP contribution is -2.37. The first-order valence-corrected chi connectivity index (χ1v) is 11.8. The molecule has 2 unspecified atom stereocenters. The van der Waals surface area contributed by atoms with E-state index in [1.807, 2.05) is 0 Å². The summed E-state index contributed by atoms with van der Waals surface area (Å²) in [7, 11) is 0. The molecule has 4 N–H and O–H groups in total. The van der Waals surface area contributed by atoms with Crippen molar-refractivity contribution in [1.82, 2.24) is 0 Å². The molecule has 0 saturated heterocycles. The maximum Gasteiger partial charge on any atom is 0.335 e. The van der Waals surface area contributed by atoms with E-state index in [0.29, 0.717) is 46.6 Å². The lowest BCUT2D eigenvalue weighted by atomic mass is 9.68. The van der Waals surface area contributed by atoms with Crippen LogP contribution in [0.15, 0.2) is 60.7 Å². The van der Waals surface area contributed by atoms with Crippen molar-refractivity contribution in [2.45, 2.75) is 41.5 Å². The first-order chi connectivity index (χ1) is 16.0. The zero-order valence-electron chi connectivity index (χ0n) is 21.3. The molecule has 0 amide bonds. The van der Waals surface area contributed by atoms with E-state index >= 15 is 0 Å². The molecule has 2 aromatic carbocycles. The number of rotatable bonds is 9. The minimum Gasteiger partial charge on any atom is -0.478 e. The molecule has 0 fully saturated rings. The highest BCUT2D eigenvalue weighted by Crippen LogP contribution is 2.36. The Balaban J connectivity index is 0.000000513.